The summed E-state index contributed by atoms with van der Waals surface area (Å²) < 4.78 is 44.1. The van der Waals surface area contributed by atoms with E-state index in [0.29, 0.717) is 28.5 Å². The molecule has 0 unspecified atom stereocenters. The summed E-state index contributed by atoms with van der Waals surface area (Å²) in [5.41, 5.74) is 1.98. The summed E-state index contributed by atoms with van der Waals surface area (Å²) in [6.45, 7) is 3.25. The number of hydrogen-bond donors (Lipinski definition) is 1. The van der Waals surface area contributed by atoms with Crippen LogP contribution in [0, 0.1) is 6.92 Å². The first-order chi connectivity index (χ1) is 16.7. The number of carbonyl (C=O) groups excluding carboxylic acids is 1. The van der Waals surface area contributed by atoms with E-state index in [0.717, 1.165) is 9.87 Å². The number of nitrogens with one attached hydrogen (secondary N) is 1. The molecule has 0 aliphatic heterocycles. The third kappa shape index (κ3) is 6.05. The molecule has 9 heteroatoms. The quantitative estimate of drug-likeness (QED) is 0.452. The number of carbonyl (C=O) groups is 1. The Morgan fingerprint density at radius 3 is 2.06 bits per heavy atom. The molecule has 0 heterocycles. The molecule has 3 rings (SSSR count). The van der Waals surface area contributed by atoms with Crippen molar-refractivity contribution in [1.29, 1.82) is 0 Å². The van der Waals surface area contributed by atoms with Crippen LogP contribution in [0.1, 0.15) is 24.1 Å². The van der Waals surface area contributed by atoms with Crippen LogP contribution in [0.4, 0.5) is 5.69 Å². The summed E-state index contributed by atoms with van der Waals surface area (Å²) in [6, 6.07) is 17.8. The highest BCUT2D eigenvalue weighted by molar-refractivity contribution is 7.92. The van der Waals surface area contributed by atoms with Crippen molar-refractivity contribution in [1.82, 2.24) is 5.32 Å². The van der Waals surface area contributed by atoms with Crippen LogP contribution in [0.3, 0.4) is 0 Å². The van der Waals surface area contributed by atoms with Crippen LogP contribution in [0.2, 0.25) is 0 Å². The lowest BCUT2D eigenvalue weighted by molar-refractivity contribution is -0.120. The maximum atomic E-state index is 13.6. The van der Waals surface area contributed by atoms with Crippen molar-refractivity contribution in [3.05, 3.63) is 77.9 Å². The summed E-state index contributed by atoms with van der Waals surface area (Å²) in [5.74, 6) is 1.29. The molecule has 35 heavy (non-hydrogen) atoms. The maximum Gasteiger partial charge on any atom is 0.264 e. The molecular formula is C26H30N2O6S. The van der Waals surface area contributed by atoms with E-state index < -0.39 is 28.5 Å². The summed E-state index contributed by atoms with van der Waals surface area (Å²) in [7, 11) is 0.597. The molecule has 0 fully saturated rings. The number of aryl methyl sites for hydroxylation is 1. The Labute approximate surface area is 206 Å². The maximum absolute atomic E-state index is 13.6. The lowest BCUT2D eigenvalue weighted by Crippen LogP contribution is -2.41. The van der Waals surface area contributed by atoms with E-state index in [4.69, 9.17) is 14.2 Å². The Morgan fingerprint density at radius 2 is 1.49 bits per heavy atom. The van der Waals surface area contributed by atoms with Crippen molar-refractivity contribution in [3.8, 4) is 17.2 Å². The van der Waals surface area contributed by atoms with Gasteiger partial charge in [-0.25, -0.2) is 8.42 Å². The standard InChI is InChI=1S/C26H30N2O6S/c1-18-6-13-23(14-7-18)35(30,31)28(20-8-10-21(32-3)11-9-20)17-26(29)27-19(2)24-16-22(33-4)12-15-25(24)34-5/h6-16,19H,17H2,1-5H3,(H,27,29)/t19-/m1/s1. The van der Waals surface area contributed by atoms with E-state index in [2.05, 4.69) is 5.32 Å². The van der Waals surface area contributed by atoms with Crippen LogP contribution in [0.15, 0.2) is 71.6 Å². The van der Waals surface area contributed by atoms with Gasteiger partial charge in [0.15, 0.2) is 0 Å². The molecule has 0 aromatic heterocycles. The summed E-state index contributed by atoms with van der Waals surface area (Å²) in [6.07, 6.45) is 0. The fourth-order valence-electron chi connectivity index (χ4n) is 3.57. The molecule has 186 valence electrons. The van der Waals surface area contributed by atoms with Gasteiger partial charge in [-0.2, -0.15) is 0 Å². The molecule has 1 amide bonds. The minimum absolute atomic E-state index is 0.0919. The van der Waals surface area contributed by atoms with Gasteiger partial charge in [-0.05, 0) is 68.4 Å². The fraction of sp³-hybridized carbons (Fsp3) is 0.269. The van der Waals surface area contributed by atoms with Crippen molar-refractivity contribution < 1.29 is 27.4 Å². The van der Waals surface area contributed by atoms with E-state index >= 15 is 0 Å². The third-order valence-corrected chi connectivity index (χ3v) is 7.33. The topological polar surface area (TPSA) is 94.2 Å². The molecule has 3 aromatic rings. The fourth-order valence-corrected chi connectivity index (χ4v) is 5.00. The highest BCUT2D eigenvalue weighted by Gasteiger charge is 2.28. The van der Waals surface area contributed by atoms with Gasteiger partial charge in [0.05, 0.1) is 38.0 Å². The zero-order valence-electron chi connectivity index (χ0n) is 20.4. The molecular weight excluding hydrogens is 468 g/mol. The molecule has 1 atom stereocenters. The highest BCUT2D eigenvalue weighted by Crippen LogP contribution is 2.30. The van der Waals surface area contributed by atoms with E-state index in [9.17, 15) is 13.2 Å². The number of hydrogen-bond acceptors (Lipinski definition) is 6. The van der Waals surface area contributed by atoms with Gasteiger partial charge < -0.3 is 19.5 Å². The SMILES string of the molecule is COc1ccc(N(CC(=O)N[C@H](C)c2cc(OC)ccc2OC)S(=O)(=O)c2ccc(C)cc2)cc1. The van der Waals surface area contributed by atoms with Gasteiger partial charge >= 0.3 is 0 Å². The Hall–Kier alpha value is -3.72. The molecule has 0 aliphatic carbocycles. The van der Waals surface area contributed by atoms with Gasteiger partial charge in [0, 0.05) is 5.56 Å². The molecule has 8 nitrogen and oxygen atoms in total. The minimum Gasteiger partial charge on any atom is -0.497 e. The highest BCUT2D eigenvalue weighted by atomic mass is 32.2. The smallest absolute Gasteiger partial charge is 0.264 e. The van der Waals surface area contributed by atoms with Gasteiger partial charge in [-0.3, -0.25) is 9.10 Å². The van der Waals surface area contributed by atoms with E-state index in [1.54, 1.807) is 75.7 Å². The molecule has 0 saturated heterocycles. The Balaban J connectivity index is 1.91. The first-order valence-electron chi connectivity index (χ1n) is 10.9. The van der Waals surface area contributed by atoms with Gasteiger partial charge in [-0.15, -0.1) is 0 Å². The zero-order chi connectivity index (χ0) is 25.6. The van der Waals surface area contributed by atoms with Crippen LogP contribution >= 0.6 is 0 Å². The van der Waals surface area contributed by atoms with Crippen LogP contribution in [-0.2, 0) is 14.8 Å². The lowest BCUT2D eigenvalue weighted by Gasteiger charge is -2.25. The number of ether oxygens (including phenoxy) is 3. The number of nitrogens with zero attached hydrogens (tertiary/aromatic N) is 1. The van der Waals surface area contributed by atoms with E-state index in [1.807, 2.05) is 6.92 Å². The average Bonchev–Trinajstić information content (AvgIpc) is 2.87. The average molecular weight is 499 g/mol. The number of benzene rings is 3. The molecule has 0 saturated carbocycles. The number of amides is 1. The predicted molar refractivity (Wildman–Crippen MR) is 135 cm³/mol. The van der Waals surface area contributed by atoms with Crippen molar-refractivity contribution in [2.45, 2.75) is 24.8 Å². The van der Waals surface area contributed by atoms with Crippen molar-refractivity contribution >= 4 is 21.6 Å². The summed E-state index contributed by atoms with van der Waals surface area (Å²) in [4.78, 5) is 13.2. The second-order valence-electron chi connectivity index (χ2n) is 7.92. The lowest BCUT2D eigenvalue weighted by atomic mass is 10.1. The second-order valence-corrected chi connectivity index (χ2v) is 9.78. The molecule has 0 radical (unpaired) electrons. The normalized spacial score (nSPS) is 11.9. The number of anilines is 1. The van der Waals surface area contributed by atoms with Crippen LogP contribution in [0.25, 0.3) is 0 Å². The predicted octanol–water partition coefficient (Wildman–Crippen LogP) is 4.09. The van der Waals surface area contributed by atoms with Crippen molar-refractivity contribution in [2.75, 3.05) is 32.2 Å². The molecule has 0 bridgehead atoms. The monoisotopic (exact) mass is 498 g/mol. The van der Waals surface area contributed by atoms with Crippen LogP contribution in [-0.4, -0.2) is 42.2 Å². The molecule has 3 aromatic carbocycles. The van der Waals surface area contributed by atoms with Crippen molar-refractivity contribution in [3.63, 3.8) is 0 Å². The Morgan fingerprint density at radius 1 is 0.886 bits per heavy atom. The largest absolute Gasteiger partial charge is 0.497 e. The van der Waals surface area contributed by atoms with Gasteiger partial charge in [0.25, 0.3) is 10.0 Å². The summed E-state index contributed by atoms with van der Waals surface area (Å²) >= 11 is 0. The number of rotatable bonds is 10. The Bertz CT molecular complexity index is 1260. The number of methoxy groups -OCH3 is 3. The van der Waals surface area contributed by atoms with Gasteiger partial charge in [0.1, 0.15) is 23.8 Å². The molecule has 0 aliphatic rings. The van der Waals surface area contributed by atoms with Crippen molar-refractivity contribution in [2.24, 2.45) is 0 Å². The van der Waals surface area contributed by atoms with E-state index in [-0.39, 0.29) is 4.90 Å². The van der Waals surface area contributed by atoms with Gasteiger partial charge in [-0.1, -0.05) is 17.7 Å². The first kappa shape index (κ1) is 25.9. The van der Waals surface area contributed by atoms with Gasteiger partial charge in [0.2, 0.25) is 5.91 Å². The van der Waals surface area contributed by atoms with Crippen LogP contribution in [0.5, 0.6) is 17.2 Å². The Kier molecular flexibility index (Phi) is 8.24. The zero-order valence-corrected chi connectivity index (χ0v) is 21.3. The minimum atomic E-state index is -4.02. The molecule has 0 spiro atoms. The number of sulfonamides is 1. The van der Waals surface area contributed by atoms with E-state index in [1.165, 1.54) is 19.2 Å². The van der Waals surface area contributed by atoms with Crippen LogP contribution < -0.4 is 23.8 Å². The molecule has 1 N–H and O–H groups in total. The second kappa shape index (κ2) is 11.1. The first-order valence-corrected chi connectivity index (χ1v) is 12.4. The third-order valence-electron chi connectivity index (χ3n) is 5.54. The summed E-state index contributed by atoms with van der Waals surface area (Å²) in [5, 5.41) is 2.87.